The summed E-state index contributed by atoms with van der Waals surface area (Å²) in [6, 6.07) is 25.3. The van der Waals surface area contributed by atoms with Crippen LogP contribution in [0.4, 0.5) is 0 Å². The highest BCUT2D eigenvalue weighted by Gasteiger charge is 2.30. The average molecular weight is 537 g/mol. The summed E-state index contributed by atoms with van der Waals surface area (Å²) < 4.78 is 41.9. The van der Waals surface area contributed by atoms with Crippen LogP contribution in [0, 0.1) is 0 Å². The molecule has 5 aromatic rings. The maximum atomic E-state index is 13.7. The average Bonchev–Trinajstić information content (AvgIpc) is 3.50. The molecule has 5 rings (SSSR count). The molecule has 37 heavy (non-hydrogen) atoms. The first-order valence-corrected chi connectivity index (χ1v) is 13.6. The van der Waals surface area contributed by atoms with Crippen LogP contribution in [0.5, 0.6) is 0 Å². The molecule has 0 N–H and O–H groups in total. The molecule has 0 aliphatic heterocycles. The third-order valence-corrected chi connectivity index (χ3v) is 8.25. The van der Waals surface area contributed by atoms with Crippen LogP contribution in [0.1, 0.15) is 12.7 Å². The Kier molecular flexibility index (Phi) is 7.06. The van der Waals surface area contributed by atoms with Gasteiger partial charge in [-0.3, -0.25) is 4.79 Å². The number of rotatable bonds is 9. The molecule has 0 radical (unpaired) electrons. The molecule has 7 nitrogen and oxygen atoms in total. The Morgan fingerprint density at radius 2 is 1.57 bits per heavy atom. The van der Waals surface area contributed by atoms with Gasteiger partial charge < -0.3 is 13.7 Å². The van der Waals surface area contributed by atoms with E-state index in [1.165, 1.54) is 41.8 Å². The first-order chi connectivity index (χ1) is 17.8. The zero-order valence-corrected chi connectivity index (χ0v) is 21.7. The Balaban J connectivity index is 1.54. The fraction of sp³-hybridized carbons (Fsp3) is 0.179. The molecule has 0 fully saturated rings. The number of hydrogen-bond donors (Lipinski definition) is 0. The Morgan fingerprint density at radius 1 is 0.946 bits per heavy atom. The number of para-hydroxylation sites is 2. The molecule has 0 spiro atoms. The molecule has 0 aliphatic carbocycles. The third-order valence-electron chi connectivity index (χ3n) is 6.17. The Bertz CT molecular complexity index is 1590. The van der Waals surface area contributed by atoms with Gasteiger partial charge in [-0.05, 0) is 48.5 Å². The van der Waals surface area contributed by atoms with E-state index in [9.17, 15) is 13.2 Å². The van der Waals surface area contributed by atoms with E-state index in [0.29, 0.717) is 10.8 Å². The Morgan fingerprint density at radius 3 is 2.14 bits per heavy atom. The van der Waals surface area contributed by atoms with Gasteiger partial charge in [-0.25, -0.2) is 8.42 Å². The van der Waals surface area contributed by atoms with Crippen molar-refractivity contribution in [1.82, 2.24) is 8.87 Å². The van der Waals surface area contributed by atoms with E-state index in [0.717, 1.165) is 21.8 Å². The van der Waals surface area contributed by atoms with E-state index >= 15 is 0 Å². The summed E-state index contributed by atoms with van der Waals surface area (Å²) in [5.41, 5.74) is 1.94. The van der Waals surface area contributed by atoms with Crippen molar-refractivity contribution in [3.8, 4) is 0 Å². The molecule has 2 aromatic heterocycles. The lowest BCUT2D eigenvalue weighted by Crippen LogP contribution is -2.40. The number of sulfonamides is 1. The fourth-order valence-electron chi connectivity index (χ4n) is 4.58. The molecule has 0 bridgehead atoms. The third kappa shape index (κ3) is 5.27. The highest BCUT2D eigenvalue weighted by Crippen LogP contribution is 2.30. The van der Waals surface area contributed by atoms with Gasteiger partial charge in [-0.1, -0.05) is 48.0 Å². The number of aromatic nitrogens is 1. The predicted octanol–water partition coefficient (Wildman–Crippen LogP) is 5.86. The zero-order valence-electron chi connectivity index (χ0n) is 20.1. The Labute approximate surface area is 219 Å². The molecular formula is C28H25ClN2O5S. The highest BCUT2D eigenvalue weighted by atomic mass is 35.5. The second kappa shape index (κ2) is 10.4. The molecule has 0 unspecified atom stereocenters. The molecule has 0 saturated heterocycles. The van der Waals surface area contributed by atoms with Gasteiger partial charge in [0.05, 0.1) is 30.8 Å². The molecule has 0 amide bonds. The molecular weight excluding hydrogens is 512 g/mol. The van der Waals surface area contributed by atoms with Crippen LogP contribution in [-0.2, 0) is 32.6 Å². The van der Waals surface area contributed by atoms with Crippen molar-refractivity contribution in [3.63, 3.8) is 0 Å². The number of ether oxygens (including phenoxy) is 1. The van der Waals surface area contributed by atoms with Crippen LogP contribution in [0.15, 0.2) is 101 Å². The first-order valence-electron chi connectivity index (χ1n) is 11.7. The normalized spacial score (nSPS) is 12.8. The molecule has 2 heterocycles. The van der Waals surface area contributed by atoms with Crippen LogP contribution in [0.25, 0.3) is 21.8 Å². The lowest BCUT2D eigenvalue weighted by atomic mass is 10.2. The number of esters is 1. The molecule has 0 aliphatic rings. The van der Waals surface area contributed by atoms with Crippen LogP contribution in [0.3, 0.4) is 0 Å². The summed E-state index contributed by atoms with van der Waals surface area (Å²) in [4.78, 5) is 12.2. The van der Waals surface area contributed by atoms with E-state index in [-0.39, 0.29) is 24.5 Å². The van der Waals surface area contributed by atoms with Gasteiger partial charge in [0.25, 0.3) is 0 Å². The van der Waals surface area contributed by atoms with Crippen molar-refractivity contribution in [3.05, 3.63) is 102 Å². The molecule has 9 heteroatoms. The van der Waals surface area contributed by atoms with E-state index in [4.69, 9.17) is 20.8 Å². The highest BCUT2D eigenvalue weighted by molar-refractivity contribution is 7.89. The van der Waals surface area contributed by atoms with Crippen LogP contribution in [-0.4, -0.2) is 35.9 Å². The lowest BCUT2D eigenvalue weighted by Gasteiger charge is -2.27. The molecule has 1 atom stereocenters. The summed E-state index contributed by atoms with van der Waals surface area (Å²) in [7, 11) is -3.97. The van der Waals surface area contributed by atoms with Crippen molar-refractivity contribution >= 4 is 49.4 Å². The van der Waals surface area contributed by atoms with Gasteiger partial charge in [0.1, 0.15) is 11.9 Å². The standard InChI is InChI=1S/C28H25ClN2O5S/c1-20(32)36-23(19-31-27-10-4-2-8-25(27)26-9-3-5-11-28(26)31)18-30(17-22-7-6-16-35-22)37(33,34)24-14-12-21(29)13-15-24/h2-16,23H,17-19H2,1H3/t23-/m0/s1. The van der Waals surface area contributed by atoms with Crippen molar-refractivity contribution in [2.45, 2.75) is 31.0 Å². The topological polar surface area (TPSA) is 81.8 Å². The number of carbonyl (C=O) groups is 1. The summed E-state index contributed by atoms with van der Waals surface area (Å²) in [5, 5.41) is 2.57. The smallest absolute Gasteiger partial charge is 0.303 e. The summed E-state index contributed by atoms with van der Waals surface area (Å²) in [6.07, 6.45) is 0.720. The molecule has 0 saturated carbocycles. The summed E-state index contributed by atoms with van der Waals surface area (Å²) >= 11 is 5.99. The number of nitrogens with zero attached hydrogens (tertiary/aromatic N) is 2. The minimum Gasteiger partial charge on any atom is -0.468 e. The maximum Gasteiger partial charge on any atom is 0.303 e. The van der Waals surface area contributed by atoms with Crippen molar-refractivity contribution in [2.75, 3.05) is 6.54 Å². The number of halogens is 1. The number of furan rings is 1. The minimum absolute atomic E-state index is 0.0249. The largest absolute Gasteiger partial charge is 0.468 e. The van der Waals surface area contributed by atoms with Gasteiger partial charge in [-0.2, -0.15) is 4.31 Å². The van der Waals surface area contributed by atoms with Crippen LogP contribution in [0.2, 0.25) is 5.02 Å². The van der Waals surface area contributed by atoms with E-state index in [2.05, 4.69) is 4.57 Å². The van der Waals surface area contributed by atoms with Crippen molar-refractivity contribution < 1.29 is 22.4 Å². The monoisotopic (exact) mass is 536 g/mol. The second-order valence-electron chi connectivity index (χ2n) is 8.71. The van der Waals surface area contributed by atoms with Gasteiger partial charge in [0, 0.05) is 33.8 Å². The van der Waals surface area contributed by atoms with Gasteiger partial charge in [-0.15, -0.1) is 0 Å². The van der Waals surface area contributed by atoms with Gasteiger partial charge in [0.15, 0.2) is 0 Å². The first kappa shape index (κ1) is 25.1. The number of benzene rings is 3. The van der Waals surface area contributed by atoms with Crippen molar-refractivity contribution in [1.29, 1.82) is 0 Å². The van der Waals surface area contributed by atoms with Crippen LogP contribution < -0.4 is 0 Å². The number of fused-ring (bicyclic) bond motifs is 3. The van der Waals surface area contributed by atoms with Gasteiger partial charge >= 0.3 is 5.97 Å². The summed E-state index contributed by atoms with van der Waals surface area (Å²) in [6.45, 7) is 1.48. The maximum absolute atomic E-state index is 13.7. The predicted molar refractivity (Wildman–Crippen MR) is 143 cm³/mol. The Hall–Kier alpha value is -3.59. The zero-order chi connectivity index (χ0) is 26.0. The number of carbonyl (C=O) groups excluding carboxylic acids is 1. The van der Waals surface area contributed by atoms with Crippen molar-refractivity contribution in [2.24, 2.45) is 0 Å². The van der Waals surface area contributed by atoms with Crippen LogP contribution >= 0.6 is 11.6 Å². The van der Waals surface area contributed by atoms with E-state index in [1.807, 2.05) is 48.5 Å². The lowest BCUT2D eigenvalue weighted by molar-refractivity contribution is -0.147. The SMILES string of the molecule is CC(=O)O[C@@H](CN(Cc1ccco1)S(=O)(=O)c1ccc(Cl)cc1)Cn1c2ccccc2c2ccccc21. The number of hydrogen-bond acceptors (Lipinski definition) is 5. The second-order valence-corrected chi connectivity index (χ2v) is 11.1. The minimum atomic E-state index is -3.97. The summed E-state index contributed by atoms with van der Waals surface area (Å²) in [5.74, 6) is -0.0245. The molecule has 3 aromatic carbocycles. The fourth-order valence-corrected chi connectivity index (χ4v) is 6.14. The van der Waals surface area contributed by atoms with E-state index < -0.39 is 22.1 Å². The van der Waals surface area contributed by atoms with E-state index in [1.54, 1.807) is 12.1 Å². The quantitative estimate of drug-likeness (QED) is 0.220. The van der Waals surface area contributed by atoms with Gasteiger partial charge in [0.2, 0.25) is 10.0 Å². The molecule has 190 valence electrons.